The molecule has 0 amide bonds. The quantitative estimate of drug-likeness (QED) is 0.748. The maximum atomic E-state index is 11.6. The average Bonchev–Trinajstić information content (AvgIpc) is 2.27. The molecule has 0 saturated heterocycles. The summed E-state index contributed by atoms with van der Waals surface area (Å²) in [5, 5.41) is 3.04. The van der Waals surface area contributed by atoms with E-state index in [1.165, 1.54) is 0 Å². The van der Waals surface area contributed by atoms with Crippen molar-refractivity contribution in [3.8, 4) is 0 Å². The van der Waals surface area contributed by atoms with E-state index in [0.29, 0.717) is 12.4 Å². The van der Waals surface area contributed by atoms with Gasteiger partial charge in [-0.1, -0.05) is 6.92 Å². The van der Waals surface area contributed by atoms with Gasteiger partial charge in [0.25, 0.3) is 0 Å². The molecule has 2 N–H and O–H groups in total. The number of hydrogen-bond acceptors (Lipinski definition) is 4. The zero-order valence-electron chi connectivity index (χ0n) is 9.61. The van der Waals surface area contributed by atoms with Gasteiger partial charge >= 0.3 is 0 Å². The van der Waals surface area contributed by atoms with Crippen LogP contribution in [0.3, 0.4) is 0 Å². The molecule has 0 unspecified atom stereocenters. The number of nitrogens with one attached hydrogen (secondary N) is 2. The van der Waals surface area contributed by atoms with Crippen molar-refractivity contribution in [2.45, 2.75) is 13.3 Å². The first kappa shape index (κ1) is 14.4. The van der Waals surface area contributed by atoms with Crippen LogP contribution in [0.5, 0.6) is 0 Å². The second-order valence-corrected chi connectivity index (χ2v) is 6.29. The van der Waals surface area contributed by atoms with E-state index in [-0.39, 0.29) is 5.75 Å². The van der Waals surface area contributed by atoms with Crippen molar-refractivity contribution >= 4 is 31.8 Å². The van der Waals surface area contributed by atoms with E-state index in [1.807, 2.05) is 6.92 Å². The second kappa shape index (κ2) is 6.93. The van der Waals surface area contributed by atoms with Crippen molar-refractivity contribution < 1.29 is 8.42 Å². The standard InChI is InChI=1S/C10H16BrN3O2S/c1-2-5-12-6-7-17(15,16)14-10-4-3-9(11)8-13-10/h3-4,8,12H,2,5-7H2,1H3,(H,13,14). The van der Waals surface area contributed by atoms with Gasteiger partial charge in [-0.05, 0) is 41.0 Å². The van der Waals surface area contributed by atoms with E-state index in [4.69, 9.17) is 0 Å². The predicted molar refractivity (Wildman–Crippen MR) is 72.5 cm³/mol. The van der Waals surface area contributed by atoms with Gasteiger partial charge in [0.2, 0.25) is 10.0 Å². The third-order valence-electron chi connectivity index (χ3n) is 1.96. The van der Waals surface area contributed by atoms with Crippen molar-refractivity contribution in [2.24, 2.45) is 0 Å². The molecule has 0 atom stereocenters. The smallest absolute Gasteiger partial charge is 0.235 e. The van der Waals surface area contributed by atoms with Gasteiger partial charge in [-0.15, -0.1) is 0 Å². The Morgan fingerprint density at radius 1 is 1.35 bits per heavy atom. The first-order chi connectivity index (χ1) is 8.03. The number of anilines is 1. The molecule has 96 valence electrons. The topological polar surface area (TPSA) is 71.1 Å². The minimum absolute atomic E-state index is 0.0464. The van der Waals surface area contributed by atoms with Crippen LogP contribution >= 0.6 is 15.9 Å². The van der Waals surface area contributed by atoms with E-state index >= 15 is 0 Å². The second-order valence-electron chi connectivity index (χ2n) is 3.53. The Morgan fingerprint density at radius 3 is 2.71 bits per heavy atom. The summed E-state index contributed by atoms with van der Waals surface area (Å²) in [7, 11) is -3.32. The van der Waals surface area contributed by atoms with Crippen LogP contribution in [0.2, 0.25) is 0 Å². The van der Waals surface area contributed by atoms with Crippen LogP contribution in [0.4, 0.5) is 5.82 Å². The Bertz CT molecular complexity index is 433. The highest BCUT2D eigenvalue weighted by Crippen LogP contribution is 2.11. The molecule has 0 fully saturated rings. The monoisotopic (exact) mass is 321 g/mol. The van der Waals surface area contributed by atoms with Gasteiger partial charge in [-0.2, -0.15) is 0 Å². The minimum atomic E-state index is -3.32. The normalized spacial score (nSPS) is 11.4. The fourth-order valence-electron chi connectivity index (χ4n) is 1.15. The number of aromatic nitrogens is 1. The van der Waals surface area contributed by atoms with Gasteiger partial charge in [0.15, 0.2) is 0 Å². The molecule has 0 saturated carbocycles. The summed E-state index contributed by atoms with van der Waals surface area (Å²) in [6.45, 7) is 3.30. The van der Waals surface area contributed by atoms with Crippen LogP contribution < -0.4 is 10.0 Å². The lowest BCUT2D eigenvalue weighted by Crippen LogP contribution is -2.27. The minimum Gasteiger partial charge on any atom is -0.316 e. The van der Waals surface area contributed by atoms with E-state index in [0.717, 1.165) is 17.4 Å². The first-order valence-corrected chi connectivity index (χ1v) is 7.81. The largest absolute Gasteiger partial charge is 0.316 e. The molecule has 0 radical (unpaired) electrons. The zero-order chi connectivity index (χ0) is 12.7. The highest BCUT2D eigenvalue weighted by atomic mass is 79.9. The van der Waals surface area contributed by atoms with Crippen LogP contribution in [0.25, 0.3) is 0 Å². The molecule has 0 aliphatic heterocycles. The summed E-state index contributed by atoms with van der Waals surface area (Å²) in [6, 6.07) is 3.35. The number of halogens is 1. The Labute approximate surface area is 110 Å². The lowest BCUT2D eigenvalue weighted by atomic mass is 10.5. The van der Waals surface area contributed by atoms with Crippen molar-refractivity contribution in [3.05, 3.63) is 22.8 Å². The lowest BCUT2D eigenvalue weighted by Gasteiger charge is -2.07. The average molecular weight is 322 g/mol. The van der Waals surface area contributed by atoms with Gasteiger partial charge in [0, 0.05) is 17.2 Å². The molecule has 1 aromatic heterocycles. The van der Waals surface area contributed by atoms with Gasteiger partial charge in [0.1, 0.15) is 5.82 Å². The van der Waals surface area contributed by atoms with Gasteiger partial charge in [-0.3, -0.25) is 4.72 Å². The number of pyridine rings is 1. The van der Waals surface area contributed by atoms with E-state index in [9.17, 15) is 8.42 Å². The van der Waals surface area contributed by atoms with Crippen LogP contribution in [0.15, 0.2) is 22.8 Å². The van der Waals surface area contributed by atoms with Crippen molar-refractivity contribution in [1.82, 2.24) is 10.3 Å². The molecular weight excluding hydrogens is 306 g/mol. The van der Waals surface area contributed by atoms with E-state index < -0.39 is 10.0 Å². The molecular formula is C10H16BrN3O2S. The van der Waals surface area contributed by atoms with Gasteiger partial charge < -0.3 is 5.32 Å². The third kappa shape index (κ3) is 5.99. The maximum Gasteiger partial charge on any atom is 0.235 e. The van der Waals surface area contributed by atoms with Gasteiger partial charge in [0.05, 0.1) is 5.75 Å². The molecule has 0 bridgehead atoms. The fourth-order valence-corrected chi connectivity index (χ4v) is 2.34. The van der Waals surface area contributed by atoms with Crippen molar-refractivity contribution in [2.75, 3.05) is 23.6 Å². The van der Waals surface area contributed by atoms with Crippen LogP contribution in [-0.2, 0) is 10.0 Å². The number of sulfonamides is 1. The number of rotatable bonds is 7. The molecule has 5 nitrogen and oxygen atoms in total. The zero-order valence-corrected chi connectivity index (χ0v) is 12.0. The lowest BCUT2D eigenvalue weighted by molar-refractivity contribution is 0.595. The maximum absolute atomic E-state index is 11.6. The van der Waals surface area contributed by atoms with Crippen LogP contribution in [0, 0.1) is 0 Å². The molecule has 17 heavy (non-hydrogen) atoms. The van der Waals surface area contributed by atoms with Crippen molar-refractivity contribution in [1.29, 1.82) is 0 Å². The SMILES string of the molecule is CCCNCCS(=O)(=O)Nc1ccc(Br)cn1. The van der Waals surface area contributed by atoms with E-state index in [1.54, 1.807) is 18.3 Å². The molecule has 1 rings (SSSR count). The molecule has 0 aliphatic carbocycles. The molecule has 7 heteroatoms. The first-order valence-electron chi connectivity index (χ1n) is 5.36. The summed E-state index contributed by atoms with van der Waals surface area (Å²) >= 11 is 3.23. The Kier molecular flexibility index (Phi) is 5.87. The number of nitrogens with zero attached hydrogens (tertiary/aromatic N) is 1. The van der Waals surface area contributed by atoms with E-state index in [2.05, 4.69) is 31.0 Å². The summed E-state index contributed by atoms with van der Waals surface area (Å²) in [4.78, 5) is 3.95. The summed E-state index contributed by atoms with van der Waals surface area (Å²) in [5.74, 6) is 0.383. The third-order valence-corrected chi connectivity index (χ3v) is 3.69. The molecule has 1 heterocycles. The highest BCUT2D eigenvalue weighted by Gasteiger charge is 2.10. The summed E-state index contributed by atoms with van der Waals surface area (Å²) < 4.78 is 26.5. The van der Waals surface area contributed by atoms with Crippen LogP contribution in [-0.4, -0.2) is 32.2 Å². The number of hydrogen-bond donors (Lipinski definition) is 2. The molecule has 0 aliphatic rings. The van der Waals surface area contributed by atoms with Crippen molar-refractivity contribution in [3.63, 3.8) is 0 Å². The highest BCUT2D eigenvalue weighted by molar-refractivity contribution is 9.10. The summed E-state index contributed by atoms with van der Waals surface area (Å²) in [5.41, 5.74) is 0. The molecule has 1 aromatic rings. The predicted octanol–water partition coefficient (Wildman–Crippen LogP) is 1.59. The summed E-state index contributed by atoms with van der Waals surface area (Å²) in [6.07, 6.45) is 2.54. The van der Waals surface area contributed by atoms with Crippen LogP contribution in [0.1, 0.15) is 13.3 Å². The Morgan fingerprint density at radius 2 is 2.12 bits per heavy atom. The van der Waals surface area contributed by atoms with Gasteiger partial charge in [-0.25, -0.2) is 13.4 Å². The fraction of sp³-hybridized carbons (Fsp3) is 0.500. The molecule has 0 aromatic carbocycles. The molecule has 0 spiro atoms. The Hall–Kier alpha value is -0.660. The Balaban J connectivity index is 2.46.